The van der Waals surface area contributed by atoms with Gasteiger partial charge in [-0.3, -0.25) is 9.88 Å². The van der Waals surface area contributed by atoms with E-state index in [9.17, 15) is 8.42 Å². The Bertz CT molecular complexity index is 995. The molecule has 0 bridgehead atoms. The quantitative estimate of drug-likeness (QED) is 0.675. The molecule has 9 nitrogen and oxygen atoms in total. The third kappa shape index (κ3) is 3.86. The van der Waals surface area contributed by atoms with Crippen LogP contribution in [0.4, 0.5) is 0 Å². The van der Waals surface area contributed by atoms with Gasteiger partial charge in [-0.05, 0) is 18.9 Å². The number of piperazine rings is 1. The SMILES string of the molecule is COc1ccc(S(=O)(=O)N2CCN3C[C@H](Oc4cnc(C5CC5)cn4)C[C@H]3C2)cn1. The molecule has 3 fully saturated rings. The van der Waals surface area contributed by atoms with Gasteiger partial charge in [-0.25, -0.2) is 18.4 Å². The second-order valence-corrected chi connectivity index (χ2v) is 10.0. The Kier molecular flexibility index (Phi) is 5.08. The fourth-order valence-corrected chi connectivity index (χ4v) is 5.62. The van der Waals surface area contributed by atoms with Crippen molar-refractivity contribution in [3.63, 3.8) is 0 Å². The number of hydrogen-bond acceptors (Lipinski definition) is 8. The Morgan fingerprint density at radius 1 is 1.00 bits per heavy atom. The van der Waals surface area contributed by atoms with E-state index in [2.05, 4.69) is 19.9 Å². The summed E-state index contributed by atoms with van der Waals surface area (Å²) in [7, 11) is -2.08. The van der Waals surface area contributed by atoms with E-state index in [-0.39, 0.29) is 17.0 Å². The van der Waals surface area contributed by atoms with Gasteiger partial charge >= 0.3 is 0 Å². The number of aromatic nitrogens is 3. The Labute approximate surface area is 176 Å². The van der Waals surface area contributed by atoms with Crippen molar-refractivity contribution >= 4 is 10.0 Å². The number of ether oxygens (including phenoxy) is 2. The molecular weight excluding hydrogens is 406 g/mol. The molecule has 5 rings (SSSR count). The number of methoxy groups -OCH3 is 1. The van der Waals surface area contributed by atoms with Crippen LogP contribution in [0.2, 0.25) is 0 Å². The number of sulfonamides is 1. The molecule has 30 heavy (non-hydrogen) atoms. The van der Waals surface area contributed by atoms with E-state index in [1.807, 2.05) is 6.20 Å². The first kappa shape index (κ1) is 19.7. The van der Waals surface area contributed by atoms with E-state index in [1.54, 1.807) is 16.6 Å². The average Bonchev–Trinajstić information content (AvgIpc) is 3.54. The van der Waals surface area contributed by atoms with E-state index >= 15 is 0 Å². The van der Waals surface area contributed by atoms with Crippen molar-refractivity contribution in [2.45, 2.75) is 42.2 Å². The normalized spacial score (nSPS) is 25.1. The second-order valence-electron chi connectivity index (χ2n) is 8.08. The molecule has 0 spiro atoms. The Hall–Kier alpha value is -2.30. The molecule has 2 atom stereocenters. The van der Waals surface area contributed by atoms with Crippen LogP contribution in [0, 0.1) is 0 Å². The lowest BCUT2D eigenvalue weighted by Gasteiger charge is -2.36. The van der Waals surface area contributed by atoms with Gasteiger partial charge in [0, 0.05) is 50.6 Å². The van der Waals surface area contributed by atoms with Gasteiger partial charge in [0.1, 0.15) is 11.0 Å². The van der Waals surface area contributed by atoms with Crippen LogP contribution in [0.1, 0.15) is 30.9 Å². The smallest absolute Gasteiger partial charge is 0.244 e. The number of pyridine rings is 1. The van der Waals surface area contributed by atoms with Crippen molar-refractivity contribution in [3.05, 3.63) is 36.4 Å². The monoisotopic (exact) mass is 431 g/mol. The fraction of sp³-hybridized carbons (Fsp3) is 0.550. The van der Waals surface area contributed by atoms with Gasteiger partial charge in [0.2, 0.25) is 21.8 Å². The molecule has 160 valence electrons. The van der Waals surface area contributed by atoms with Crippen LogP contribution in [0.15, 0.2) is 35.6 Å². The molecule has 2 saturated heterocycles. The summed E-state index contributed by atoms with van der Waals surface area (Å²) in [5.74, 6) is 1.50. The molecule has 0 N–H and O–H groups in total. The van der Waals surface area contributed by atoms with Gasteiger partial charge in [0.25, 0.3) is 0 Å². The van der Waals surface area contributed by atoms with Crippen molar-refractivity contribution in [1.82, 2.24) is 24.2 Å². The first-order valence-electron chi connectivity index (χ1n) is 10.3. The molecule has 0 amide bonds. The lowest BCUT2D eigenvalue weighted by Crippen LogP contribution is -2.51. The maximum Gasteiger partial charge on any atom is 0.244 e. The van der Waals surface area contributed by atoms with Gasteiger partial charge in [0.15, 0.2) is 0 Å². The predicted molar refractivity (Wildman–Crippen MR) is 108 cm³/mol. The fourth-order valence-electron chi connectivity index (χ4n) is 4.21. The molecule has 0 radical (unpaired) electrons. The average molecular weight is 432 g/mol. The van der Waals surface area contributed by atoms with Crippen molar-refractivity contribution in [2.75, 3.05) is 33.3 Å². The highest BCUT2D eigenvalue weighted by Gasteiger charge is 2.41. The summed E-state index contributed by atoms with van der Waals surface area (Å²) in [6.07, 6.45) is 8.01. The van der Waals surface area contributed by atoms with Crippen LogP contribution in [-0.4, -0.2) is 78.0 Å². The van der Waals surface area contributed by atoms with E-state index < -0.39 is 10.0 Å². The van der Waals surface area contributed by atoms with Crippen LogP contribution >= 0.6 is 0 Å². The van der Waals surface area contributed by atoms with Crippen LogP contribution in [0.25, 0.3) is 0 Å². The zero-order valence-corrected chi connectivity index (χ0v) is 17.7. The van der Waals surface area contributed by atoms with Crippen molar-refractivity contribution in [3.8, 4) is 11.8 Å². The van der Waals surface area contributed by atoms with Crippen molar-refractivity contribution in [2.24, 2.45) is 0 Å². The summed E-state index contributed by atoms with van der Waals surface area (Å²) in [5, 5.41) is 0. The van der Waals surface area contributed by atoms with Gasteiger partial charge in [-0.15, -0.1) is 0 Å². The highest BCUT2D eigenvalue weighted by Crippen LogP contribution is 2.38. The van der Waals surface area contributed by atoms with Gasteiger partial charge in [-0.2, -0.15) is 4.31 Å². The molecular formula is C20H25N5O4S. The molecule has 1 saturated carbocycles. The zero-order chi connectivity index (χ0) is 20.7. The molecule has 3 aliphatic rings. The highest BCUT2D eigenvalue weighted by atomic mass is 32.2. The molecule has 2 aromatic heterocycles. The van der Waals surface area contributed by atoms with E-state index in [0.717, 1.165) is 18.7 Å². The zero-order valence-electron chi connectivity index (χ0n) is 16.8. The summed E-state index contributed by atoms with van der Waals surface area (Å²) in [4.78, 5) is 15.4. The molecule has 1 aliphatic carbocycles. The van der Waals surface area contributed by atoms with Crippen molar-refractivity contribution in [1.29, 1.82) is 0 Å². The maximum atomic E-state index is 13.0. The molecule has 2 aromatic rings. The summed E-state index contributed by atoms with van der Waals surface area (Å²) in [5.41, 5.74) is 1.04. The first-order chi connectivity index (χ1) is 14.5. The Morgan fingerprint density at radius 3 is 2.50 bits per heavy atom. The first-order valence-corrected chi connectivity index (χ1v) is 11.7. The number of rotatable bonds is 6. The standard InChI is InChI=1S/C20H25N5O4S/c1-28-19-5-4-17(9-22-19)30(26,27)25-7-6-24-13-16(8-15(24)12-25)29-20-11-21-18(10-23-20)14-2-3-14/h4-5,9-11,14-16H,2-3,6-8,12-13H2,1H3/t15-,16+/m0/s1. The summed E-state index contributed by atoms with van der Waals surface area (Å²) >= 11 is 0. The summed E-state index contributed by atoms with van der Waals surface area (Å²) in [6, 6.07) is 3.24. The van der Waals surface area contributed by atoms with E-state index in [0.29, 0.717) is 37.3 Å². The van der Waals surface area contributed by atoms with Crippen molar-refractivity contribution < 1.29 is 17.9 Å². The van der Waals surface area contributed by atoms with Crippen LogP contribution in [-0.2, 0) is 10.0 Å². The minimum Gasteiger partial charge on any atom is -0.481 e. The number of hydrogen-bond donors (Lipinski definition) is 0. The highest BCUT2D eigenvalue weighted by molar-refractivity contribution is 7.89. The van der Waals surface area contributed by atoms with Crippen LogP contribution < -0.4 is 9.47 Å². The second kappa shape index (κ2) is 7.75. The molecule has 0 aromatic carbocycles. The van der Waals surface area contributed by atoms with Gasteiger partial charge < -0.3 is 9.47 Å². The minimum absolute atomic E-state index is 0.0126. The van der Waals surface area contributed by atoms with Crippen LogP contribution in [0.3, 0.4) is 0 Å². The number of nitrogens with zero attached hydrogens (tertiary/aromatic N) is 5. The van der Waals surface area contributed by atoms with Gasteiger partial charge in [-0.1, -0.05) is 0 Å². The lowest BCUT2D eigenvalue weighted by atomic mass is 10.2. The third-order valence-electron chi connectivity index (χ3n) is 6.03. The molecule has 2 aliphatic heterocycles. The summed E-state index contributed by atoms with van der Waals surface area (Å²) in [6.45, 7) is 2.35. The van der Waals surface area contributed by atoms with E-state index in [1.165, 1.54) is 32.2 Å². The largest absolute Gasteiger partial charge is 0.481 e. The molecule has 10 heteroatoms. The predicted octanol–water partition coefficient (Wildman–Crippen LogP) is 1.28. The minimum atomic E-state index is -3.58. The Balaban J connectivity index is 1.22. The summed E-state index contributed by atoms with van der Waals surface area (Å²) < 4.78 is 38.6. The molecule has 4 heterocycles. The lowest BCUT2D eigenvalue weighted by molar-refractivity contribution is 0.151. The third-order valence-corrected chi connectivity index (χ3v) is 7.88. The van der Waals surface area contributed by atoms with Gasteiger partial charge in [0.05, 0.1) is 31.4 Å². The topological polar surface area (TPSA) is 97.8 Å². The maximum absolute atomic E-state index is 13.0. The number of fused-ring (bicyclic) bond motifs is 1. The van der Waals surface area contributed by atoms with Crippen LogP contribution in [0.5, 0.6) is 11.8 Å². The van der Waals surface area contributed by atoms with E-state index in [4.69, 9.17) is 9.47 Å². The Morgan fingerprint density at radius 2 is 1.83 bits per heavy atom. The molecule has 0 unspecified atom stereocenters.